The first kappa shape index (κ1) is 13.2. The van der Waals surface area contributed by atoms with Crippen molar-refractivity contribution in [1.82, 2.24) is 5.32 Å². The SMILES string of the molecule is NC(=O)CCCNCc1cc2c(cc1Br)OCO2. The highest BCUT2D eigenvalue weighted by atomic mass is 79.9. The maximum absolute atomic E-state index is 10.6. The molecule has 98 valence electrons. The van der Waals surface area contributed by atoms with Crippen molar-refractivity contribution in [3.8, 4) is 11.5 Å². The number of amides is 1. The van der Waals surface area contributed by atoms with Gasteiger partial charge < -0.3 is 20.5 Å². The summed E-state index contributed by atoms with van der Waals surface area (Å²) < 4.78 is 11.6. The smallest absolute Gasteiger partial charge is 0.231 e. The minimum absolute atomic E-state index is 0.263. The Kier molecular flexibility index (Phi) is 4.43. The lowest BCUT2D eigenvalue weighted by molar-refractivity contribution is -0.118. The number of carbonyl (C=O) groups excluding carboxylic acids is 1. The fourth-order valence-electron chi connectivity index (χ4n) is 1.71. The molecule has 2 rings (SSSR count). The van der Waals surface area contributed by atoms with E-state index in [1.165, 1.54) is 0 Å². The molecule has 1 amide bonds. The molecule has 5 nitrogen and oxygen atoms in total. The zero-order chi connectivity index (χ0) is 13.0. The summed E-state index contributed by atoms with van der Waals surface area (Å²) in [6, 6.07) is 3.86. The Morgan fingerprint density at radius 2 is 2.11 bits per heavy atom. The molecule has 0 saturated heterocycles. The van der Waals surface area contributed by atoms with Crippen LogP contribution in [0.15, 0.2) is 16.6 Å². The molecule has 0 radical (unpaired) electrons. The average molecular weight is 315 g/mol. The van der Waals surface area contributed by atoms with Crippen LogP contribution in [-0.4, -0.2) is 19.2 Å². The standard InChI is InChI=1S/C12H15BrN2O3/c13-9-5-11-10(17-7-18-11)4-8(9)6-15-3-1-2-12(14)16/h4-5,15H,1-3,6-7H2,(H2,14,16). The summed E-state index contributed by atoms with van der Waals surface area (Å²) in [7, 11) is 0. The monoisotopic (exact) mass is 314 g/mol. The first-order valence-corrected chi connectivity index (χ1v) is 6.53. The second kappa shape index (κ2) is 6.06. The summed E-state index contributed by atoms with van der Waals surface area (Å²) in [4.78, 5) is 10.6. The molecule has 0 fully saturated rings. The van der Waals surface area contributed by atoms with Gasteiger partial charge in [0.25, 0.3) is 0 Å². The molecule has 1 heterocycles. The molecule has 1 aliphatic heterocycles. The van der Waals surface area contributed by atoms with Gasteiger partial charge in [0, 0.05) is 17.4 Å². The first-order chi connectivity index (χ1) is 8.66. The maximum Gasteiger partial charge on any atom is 0.231 e. The Balaban J connectivity index is 1.84. The number of benzene rings is 1. The molecule has 1 aromatic carbocycles. The van der Waals surface area contributed by atoms with Crippen LogP contribution in [0.2, 0.25) is 0 Å². The van der Waals surface area contributed by atoms with E-state index >= 15 is 0 Å². The molecule has 0 spiro atoms. The molecule has 18 heavy (non-hydrogen) atoms. The lowest BCUT2D eigenvalue weighted by Crippen LogP contribution is -2.18. The summed E-state index contributed by atoms with van der Waals surface area (Å²) in [5.74, 6) is 1.27. The van der Waals surface area contributed by atoms with Gasteiger partial charge in [0.15, 0.2) is 11.5 Å². The van der Waals surface area contributed by atoms with Gasteiger partial charge >= 0.3 is 0 Å². The number of halogens is 1. The first-order valence-electron chi connectivity index (χ1n) is 5.74. The van der Waals surface area contributed by atoms with E-state index in [1.807, 2.05) is 12.1 Å². The zero-order valence-electron chi connectivity index (χ0n) is 9.87. The molecule has 0 unspecified atom stereocenters. The Hall–Kier alpha value is -1.27. The van der Waals surface area contributed by atoms with Crippen LogP contribution in [-0.2, 0) is 11.3 Å². The Morgan fingerprint density at radius 3 is 2.83 bits per heavy atom. The predicted octanol–water partition coefficient (Wildman–Crippen LogP) is 1.53. The van der Waals surface area contributed by atoms with Crippen LogP contribution in [0.3, 0.4) is 0 Å². The number of nitrogens with two attached hydrogens (primary N) is 1. The summed E-state index contributed by atoms with van der Waals surface area (Å²) in [6.07, 6.45) is 1.16. The molecule has 0 saturated carbocycles. The van der Waals surface area contributed by atoms with Crippen molar-refractivity contribution in [2.75, 3.05) is 13.3 Å². The van der Waals surface area contributed by atoms with Gasteiger partial charge in [-0.3, -0.25) is 4.79 Å². The predicted molar refractivity (Wildman–Crippen MR) is 70.4 cm³/mol. The lowest BCUT2D eigenvalue weighted by Gasteiger charge is -2.07. The Morgan fingerprint density at radius 1 is 1.39 bits per heavy atom. The molecule has 0 aromatic heterocycles. The average Bonchev–Trinajstić information content (AvgIpc) is 2.75. The number of hydrogen-bond donors (Lipinski definition) is 2. The van der Waals surface area contributed by atoms with Crippen LogP contribution in [0, 0.1) is 0 Å². The lowest BCUT2D eigenvalue weighted by atomic mass is 10.2. The topological polar surface area (TPSA) is 73.6 Å². The number of carbonyl (C=O) groups is 1. The quantitative estimate of drug-likeness (QED) is 0.781. The minimum atomic E-state index is -0.263. The van der Waals surface area contributed by atoms with E-state index in [2.05, 4.69) is 21.2 Å². The number of fused-ring (bicyclic) bond motifs is 1. The van der Waals surface area contributed by atoms with Crippen molar-refractivity contribution in [2.45, 2.75) is 19.4 Å². The van der Waals surface area contributed by atoms with Crippen molar-refractivity contribution in [2.24, 2.45) is 5.73 Å². The van der Waals surface area contributed by atoms with Gasteiger partial charge in [0.2, 0.25) is 12.7 Å². The van der Waals surface area contributed by atoms with Crippen molar-refractivity contribution >= 4 is 21.8 Å². The van der Waals surface area contributed by atoms with Gasteiger partial charge in [0.05, 0.1) is 0 Å². The highest BCUT2D eigenvalue weighted by Crippen LogP contribution is 2.36. The van der Waals surface area contributed by atoms with Gasteiger partial charge in [0.1, 0.15) is 0 Å². The number of nitrogens with one attached hydrogen (secondary N) is 1. The van der Waals surface area contributed by atoms with E-state index in [0.717, 1.165) is 34.5 Å². The van der Waals surface area contributed by atoms with E-state index in [4.69, 9.17) is 15.2 Å². The normalized spacial score (nSPS) is 12.7. The van der Waals surface area contributed by atoms with Crippen LogP contribution in [0.25, 0.3) is 0 Å². The second-order valence-corrected chi connectivity index (χ2v) is 4.90. The number of primary amides is 1. The summed E-state index contributed by atoms with van der Waals surface area (Å²) in [5.41, 5.74) is 6.16. The van der Waals surface area contributed by atoms with Crippen molar-refractivity contribution < 1.29 is 14.3 Å². The molecule has 6 heteroatoms. The number of hydrogen-bond acceptors (Lipinski definition) is 4. The highest BCUT2D eigenvalue weighted by molar-refractivity contribution is 9.10. The molecule has 0 aliphatic carbocycles. The van der Waals surface area contributed by atoms with Gasteiger partial charge in [-0.25, -0.2) is 0 Å². The molecular weight excluding hydrogens is 300 g/mol. The molecule has 1 aromatic rings. The summed E-state index contributed by atoms with van der Waals surface area (Å²) >= 11 is 3.49. The van der Waals surface area contributed by atoms with Crippen LogP contribution < -0.4 is 20.5 Å². The summed E-state index contributed by atoms with van der Waals surface area (Å²) in [6.45, 7) is 1.73. The van der Waals surface area contributed by atoms with Crippen LogP contribution in [0.1, 0.15) is 18.4 Å². The molecule has 3 N–H and O–H groups in total. The van der Waals surface area contributed by atoms with Crippen LogP contribution in [0.5, 0.6) is 11.5 Å². The van der Waals surface area contributed by atoms with Gasteiger partial charge in [-0.15, -0.1) is 0 Å². The van der Waals surface area contributed by atoms with E-state index in [0.29, 0.717) is 13.0 Å². The maximum atomic E-state index is 10.6. The zero-order valence-corrected chi connectivity index (χ0v) is 11.5. The van der Waals surface area contributed by atoms with Crippen molar-refractivity contribution in [3.63, 3.8) is 0 Å². The minimum Gasteiger partial charge on any atom is -0.454 e. The molecule has 0 bridgehead atoms. The Labute approximate surface area is 114 Å². The third-order valence-electron chi connectivity index (χ3n) is 2.63. The molecular formula is C12H15BrN2O3. The van der Waals surface area contributed by atoms with Crippen molar-refractivity contribution in [3.05, 3.63) is 22.2 Å². The van der Waals surface area contributed by atoms with E-state index in [-0.39, 0.29) is 12.7 Å². The van der Waals surface area contributed by atoms with Crippen LogP contribution in [0.4, 0.5) is 0 Å². The Bertz CT molecular complexity index is 451. The largest absolute Gasteiger partial charge is 0.454 e. The fourth-order valence-corrected chi connectivity index (χ4v) is 2.17. The van der Waals surface area contributed by atoms with Gasteiger partial charge in [-0.2, -0.15) is 0 Å². The highest BCUT2D eigenvalue weighted by Gasteiger charge is 2.15. The summed E-state index contributed by atoms with van der Waals surface area (Å²) in [5, 5.41) is 3.25. The fraction of sp³-hybridized carbons (Fsp3) is 0.417. The second-order valence-electron chi connectivity index (χ2n) is 4.04. The molecule has 0 atom stereocenters. The van der Waals surface area contributed by atoms with E-state index in [1.54, 1.807) is 0 Å². The van der Waals surface area contributed by atoms with Crippen LogP contribution >= 0.6 is 15.9 Å². The van der Waals surface area contributed by atoms with Gasteiger partial charge in [-0.05, 0) is 30.7 Å². The van der Waals surface area contributed by atoms with Crippen molar-refractivity contribution in [1.29, 1.82) is 0 Å². The number of ether oxygens (including phenoxy) is 2. The van der Waals surface area contributed by atoms with E-state index < -0.39 is 0 Å². The molecule has 1 aliphatic rings. The third-order valence-corrected chi connectivity index (χ3v) is 3.37. The number of rotatable bonds is 6. The van der Waals surface area contributed by atoms with E-state index in [9.17, 15) is 4.79 Å². The third kappa shape index (κ3) is 3.36. The van der Waals surface area contributed by atoms with Gasteiger partial charge in [-0.1, -0.05) is 15.9 Å².